The third kappa shape index (κ3) is 5.00. The molecule has 0 aliphatic heterocycles. The van der Waals surface area contributed by atoms with E-state index in [1.807, 2.05) is 38.1 Å². The molecule has 0 unspecified atom stereocenters. The van der Waals surface area contributed by atoms with Gasteiger partial charge in [0.1, 0.15) is 0 Å². The average Bonchev–Trinajstić information content (AvgIpc) is 2.86. The molecule has 6 heteroatoms. The quantitative estimate of drug-likeness (QED) is 0.409. The van der Waals surface area contributed by atoms with Crippen LogP contribution in [0.1, 0.15) is 37.4 Å². The minimum atomic E-state index is -0.265. The van der Waals surface area contributed by atoms with E-state index in [1.54, 1.807) is 60.9 Å². The number of pyridine rings is 1. The van der Waals surface area contributed by atoms with E-state index in [4.69, 9.17) is 5.26 Å². The van der Waals surface area contributed by atoms with Gasteiger partial charge in [0.05, 0.1) is 11.6 Å². The van der Waals surface area contributed by atoms with Crippen LogP contribution in [0, 0.1) is 25.2 Å². The summed E-state index contributed by atoms with van der Waals surface area (Å²) < 4.78 is 0. The Hall–Kier alpha value is -4.76. The summed E-state index contributed by atoms with van der Waals surface area (Å²) in [6, 6.07) is 23.3. The highest BCUT2D eigenvalue weighted by molar-refractivity contribution is 6.06. The minimum Gasteiger partial charge on any atom is -0.322 e. The number of amides is 2. The zero-order valence-corrected chi connectivity index (χ0v) is 18.8. The Morgan fingerprint density at radius 3 is 2.29 bits per heavy atom. The lowest BCUT2D eigenvalue weighted by Crippen LogP contribution is -2.13. The molecular formula is C28H22N4O2. The molecule has 0 fully saturated rings. The van der Waals surface area contributed by atoms with E-state index < -0.39 is 0 Å². The van der Waals surface area contributed by atoms with E-state index in [9.17, 15) is 9.59 Å². The van der Waals surface area contributed by atoms with Crippen molar-refractivity contribution in [2.24, 2.45) is 0 Å². The first kappa shape index (κ1) is 22.4. The fourth-order valence-electron chi connectivity index (χ4n) is 3.55. The predicted octanol–water partition coefficient (Wildman–Crippen LogP) is 5.74. The SMILES string of the molecule is Cc1cnccc1NC(=O)c1ccc(C)c(-c2ccc(C(=O)Nc3cccc(C#N)c3)cc2)c1. The third-order valence-electron chi connectivity index (χ3n) is 5.48. The molecule has 1 aromatic heterocycles. The number of nitrogens with one attached hydrogen (secondary N) is 2. The number of rotatable bonds is 5. The number of aromatic nitrogens is 1. The molecule has 1 heterocycles. The van der Waals surface area contributed by atoms with E-state index in [0.717, 1.165) is 27.9 Å². The largest absolute Gasteiger partial charge is 0.322 e. The van der Waals surface area contributed by atoms with Gasteiger partial charge in [0.15, 0.2) is 0 Å². The molecule has 0 spiro atoms. The topological polar surface area (TPSA) is 94.9 Å². The molecule has 0 saturated heterocycles. The van der Waals surface area contributed by atoms with Crippen LogP contribution in [0.25, 0.3) is 11.1 Å². The molecule has 0 aliphatic carbocycles. The van der Waals surface area contributed by atoms with Gasteiger partial charge in [-0.15, -0.1) is 0 Å². The second-order valence-corrected chi connectivity index (χ2v) is 7.90. The first-order chi connectivity index (χ1) is 16.4. The fraction of sp³-hybridized carbons (Fsp3) is 0.0714. The summed E-state index contributed by atoms with van der Waals surface area (Å²) in [5.41, 5.74) is 6.50. The fourth-order valence-corrected chi connectivity index (χ4v) is 3.55. The van der Waals surface area contributed by atoms with E-state index in [1.165, 1.54) is 0 Å². The van der Waals surface area contributed by atoms with Crippen LogP contribution >= 0.6 is 0 Å². The Balaban J connectivity index is 1.53. The lowest BCUT2D eigenvalue weighted by molar-refractivity contribution is 0.101. The van der Waals surface area contributed by atoms with Crippen LogP contribution in [-0.2, 0) is 0 Å². The summed E-state index contributed by atoms with van der Waals surface area (Å²) in [4.78, 5) is 29.5. The normalized spacial score (nSPS) is 10.3. The Morgan fingerprint density at radius 1 is 0.824 bits per heavy atom. The lowest BCUT2D eigenvalue weighted by atomic mass is 9.97. The molecule has 6 nitrogen and oxygen atoms in total. The minimum absolute atomic E-state index is 0.203. The van der Waals surface area contributed by atoms with Crippen LogP contribution < -0.4 is 10.6 Å². The summed E-state index contributed by atoms with van der Waals surface area (Å²) in [5, 5.41) is 14.8. The summed E-state index contributed by atoms with van der Waals surface area (Å²) in [7, 11) is 0. The number of aryl methyl sites for hydroxylation is 2. The smallest absolute Gasteiger partial charge is 0.255 e. The van der Waals surface area contributed by atoms with Gasteiger partial charge >= 0.3 is 0 Å². The highest BCUT2D eigenvalue weighted by Gasteiger charge is 2.12. The molecule has 4 rings (SSSR count). The van der Waals surface area contributed by atoms with Crippen LogP contribution in [0.15, 0.2) is 85.2 Å². The van der Waals surface area contributed by atoms with Crippen LogP contribution in [0.4, 0.5) is 11.4 Å². The first-order valence-corrected chi connectivity index (χ1v) is 10.7. The molecule has 34 heavy (non-hydrogen) atoms. The summed E-state index contributed by atoms with van der Waals surface area (Å²) >= 11 is 0. The number of anilines is 2. The molecule has 0 atom stereocenters. The van der Waals surface area contributed by atoms with Crippen molar-refractivity contribution in [2.75, 3.05) is 10.6 Å². The van der Waals surface area contributed by atoms with Crippen molar-refractivity contribution in [1.29, 1.82) is 5.26 Å². The van der Waals surface area contributed by atoms with Gasteiger partial charge < -0.3 is 10.6 Å². The second-order valence-electron chi connectivity index (χ2n) is 7.90. The van der Waals surface area contributed by atoms with Gasteiger partial charge in [-0.1, -0.05) is 24.3 Å². The highest BCUT2D eigenvalue weighted by Crippen LogP contribution is 2.26. The van der Waals surface area contributed by atoms with Gasteiger partial charge in [0, 0.05) is 34.9 Å². The maximum atomic E-state index is 12.8. The van der Waals surface area contributed by atoms with Crippen molar-refractivity contribution >= 4 is 23.2 Å². The van der Waals surface area contributed by atoms with Crippen molar-refractivity contribution in [1.82, 2.24) is 4.98 Å². The number of nitriles is 1. The Labute approximate surface area is 197 Å². The van der Waals surface area contributed by atoms with E-state index >= 15 is 0 Å². The van der Waals surface area contributed by atoms with Gasteiger partial charge in [-0.2, -0.15) is 5.26 Å². The molecule has 0 aliphatic rings. The number of nitrogens with zero attached hydrogens (tertiary/aromatic N) is 2. The third-order valence-corrected chi connectivity index (χ3v) is 5.48. The maximum absolute atomic E-state index is 12.8. The van der Waals surface area contributed by atoms with Crippen molar-refractivity contribution in [2.45, 2.75) is 13.8 Å². The number of carbonyl (C=O) groups excluding carboxylic acids is 2. The van der Waals surface area contributed by atoms with Crippen molar-refractivity contribution in [3.8, 4) is 17.2 Å². The van der Waals surface area contributed by atoms with Gasteiger partial charge in [-0.25, -0.2) is 0 Å². The standard InChI is InChI=1S/C28H22N4O2/c1-18-6-7-23(28(34)32-26-12-13-30-17-19(26)2)15-25(18)21-8-10-22(11-9-21)27(33)31-24-5-3-4-20(14-24)16-29/h3-15,17H,1-2H3,(H,31,33)(H,30,32,34). The van der Waals surface area contributed by atoms with Crippen molar-refractivity contribution in [3.05, 3.63) is 113 Å². The summed E-state index contributed by atoms with van der Waals surface area (Å²) in [6.07, 6.45) is 3.34. The number of hydrogen-bond donors (Lipinski definition) is 2. The van der Waals surface area contributed by atoms with E-state index in [-0.39, 0.29) is 11.8 Å². The summed E-state index contributed by atoms with van der Waals surface area (Å²) in [6.45, 7) is 3.87. The van der Waals surface area contributed by atoms with E-state index in [2.05, 4.69) is 21.7 Å². The molecule has 166 valence electrons. The molecule has 0 radical (unpaired) electrons. The van der Waals surface area contributed by atoms with Gasteiger partial charge in [0.2, 0.25) is 0 Å². The molecule has 0 bridgehead atoms. The summed E-state index contributed by atoms with van der Waals surface area (Å²) in [5.74, 6) is -0.467. The molecule has 4 aromatic rings. The second kappa shape index (κ2) is 9.80. The maximum Gasteiger partial charge on any atom is 0.255 e. The zero-order chi connectivity index (χ0) is 24.1. The van der Waals surface area contributed by atoms with Crippen LogP contribution in [0.3, 0.4) is 0 Å². The molecule has 2 N–H and O–H groups in total. The number of hydrogen-bond acceptors (Lipinski definition) is 4. The van der Waals surface area contributed by atoms with Crippen molar-refractivity contribution in [3.63, 3.8) is 0 Å². The number of carbonyl (C=O) groups is 2. The molecular weight excluding hydrogens is 424 g/mol. The molecule has 3 aromatic carbocycles. The molecule has 2 amide bonds. The van der Waals surface area contributed by atoms with Gasteiger partial charge in [-0.3, -0.25) is 14.6 Å². The lowest BCUT2D eigenvalue weighted by Gasteiger charge is -2.12. The Morgan fingerprint density at radius 2 is 1.56 bits per heavy atom. The first-order valence-electron chi connectivity index (χ1n) is 10.7. The van der Waals surface area contributed by atoms with Gasteiger partial charge in [-0.05, 0) is 84.6 Å². The van der Waals surface area contributed by atoms with Crippen LogP contribution in [-0.4, -0.2) is 16.8 Å². The highest BCUT2D eigenvalue weighted by atomic mass is 16.2. The van der Waals surface area contributed by atoms with Crippen LogP contribution in [0.2, 0.25) is 0 Å². The average molecular weight is 447 g/mol. The monoisotopic (exact) mass is 446 g/mol. The van der Waals surface area contributed by atoms with Crippen LogP contribution in [0.5, 0.6) is 0 Å². The number of benzene rings is 3. The molecule has 0 saturated carbocycles. The van der Waals surface area contributed by atoms with Gasteiger partial charge in [0.25, 0.3) is 11.8 Å². The Bertz CT molecular complexity index is 1420. The predicted molar refractivity (Wildman–Crippen MR) is 133 cm³/mol. The zero-order valence-electron chi connectivity index (χ0n) is 18.8. The van der Waals surface area contributed by atoms with Crippen molar-refractivity contribution < 1.29 is 9.59 Å². The van der Waals surface area contributed by atoms with E-state index in [0.29, 0.717) is 22.4 Å². The Kier molecular flexibility index (Phi) is 6.47.